The van der Waals surface area contributed by atoms with Gasteiger partial charge in [-0.3, -0.25) is 0 Å². The fraction of sp³-hybridized carbons (Fsp3) is 0.231. The van der Waals surface area contributed by atoms with Gasteiger partial charge in [0.2, 0.25) is 0 Å². The van der Waals surface area contributed by atoms with Crippen molar-refractivity contribution in [1.82, 2.24) is 9.78 Å². The molecule has 0 aliphatic rings. The number of ether oxygens (including phenoxy) is 1. The van der Waals surface area contributed by atoms with Crippen LogP contribution in [0.4, 0.5) is 0 Å². The quantitative estimate of drug-likeness (QED) is 0.817. The molecule has 0 saturated heterocycles. The number of rotatable bonds is 3. The van der Waals surface area contributed by atoms with Gasteiger partial charge < -0.3 is 4.74 Å². The first-order valence-electron chi connectivity index (χ1n) is 5.59. The molecule has 0 saturated carbocycles. The molecule has 0 bridgehead atoms. The number of nitrogens with zero attached hydrogens (tertiary/aromatic N) is 2. The molecule has 100 valence electrons. The van der Waals surface area contributed by atoms with Crippen LogP contribution in [0.3, 0.4) is 0 Å². The number of methoxy groups -OCH3 is 1. The van der Waals surface area contributed by atoms with Crippen LogP contribution in [0.1, 0.15) is 21.6 Å². The van der Waals surface area contributed by atoms with E-state index >= 15 is 0 Å². The molecule has 19 heavy (non-hydrogen) atoms. The van der Waals surface area contributed by atoms with Crippen molar-refractivity contribution in [3.63, 3.8) is 0 Å². The summed E-state index contributed by atoms with van der Waals surface area (Å²) in [6.45, 7) is 2.11. The van der Waals surface area contributed by atoms with Gasteiger partial charge in [-0.25, -0.2) is 9.48 Å². The van der Waals surface area contributed by atoms with Gasteiger partial charge in [-0.15, -0.1) is 0 Å². The van der Waals surface area contributed by atoms with Crippen molar-refractivity contribution in [3.05, 3.63) is 51.3 Å². The molecule has 0 aliphatic heterocycles. The highest BCUT2D eigenvalue weighted by Gasteiger charge is 2.21. The van der Waals surface area contributed by atoms with Gasteiger partial charge >= 0.3 is 5.97 Å². The Morgan fingerprint density at radius 2 is 2.05 bits per heavy atom. The van der Waals surface area contributed by atoms with E-state index in [0.29, 0.717) is 17.3 Å². The number of esters is 1. The second kappa shape index (κ2) is 5.63. The third-order valence-corrected chi connectivity index (χ3v) is 3.49. The van der Waals surface area contributed by atoms with Crippen molar-refractivity contribution < 1.29 is 9.53 Å². The van der Waals surface area contributed by atoms with Gasteiger partial charge in [-0.1, -0.05) is 41.4 Å². The average molecular weight is 299 g/mol. The van der Waals surface area contributed by atoms with Gasteiger partial charge in [0.15, 0.2) is 0 Å². The first kappa shape index (κ1) is 13.9. The van der Waals surface area contributed by atoms with Gasteiger partial charge in [0, 0.05) is 5.02 Å². The molecule has 1 heterocycles. The lowest BCUT2D eigenvalue weighted by Crippen LogP contribution is -2.04. The summed E-state index contributed by atoms with van der Waals surface area (Å²) in [5, 5.41) is 5.13. The Kier molecular flexibility index (Phi) is 4.12. The van der Waals surface area contributed by atoms with E-state index in [2.05, 4.69) is 9.84 Å². The Labute approximate surface area is 120 Å². The van der Waals surface area contributed by atoms with Gasteiger partial charge in [0.05, 0.1) is 19.3 Å². The van der Waals surface area contributed by atoms with Gasteiger partial charge in [0.1, 0.15) is 10.7 Å². The molecule has 1 aromatic carbocycles. The molecule has 2 aromatic rings. The Morgan fingerprint density at radius 1 is 1.37 bits per heavy atom. The molecule has 0 N–H and O–H groups in total. The van der Waals surface area contributed by atoms with Crippen LogP contribution in [-0.4, -0.2) is 22.9 Å². The fourth-order valence-corrected chi connectivity index (χ4v) is 2.29. The first-order chi connectivity index (χ1) is 9.04. The lowest BCUT2D eigenvalue weighted by molar-refractivity contribution is 0.0600. The minimum atomic E-state index is -0.493. The molecular formula is C13H12Cl2N2O2. The summed E-state index contributed by atoms with van der Waals surface area (Å²) >= 11 is 12.2. The third kappa shape index (κ3) is 2.74. The van der Waals surface area contributed by atoms with Crippen LogP contribution < -0.4 is 0 Å². The summed E-state index contributed by atoms with van der Waals surface area (Å²) in [6, 6.07) is 7.41. The number of hydrogen-bond donors (Lipinski definition) is 0. The van der Waals surface area contributed by atoms with Crippen molar-refractivity contribution in [2.45, 2.75) is 13.5 Å². The van der Waals surface area contributed by atoms with Crippen LogP contribution in [0, 0.1) is 6.92 Å². The molecule has 1 aromatic heterocycles. The van der Waals surface area contributed by atoms with E-state index in [9.17, 15) is 4.79 Å². The van der Waals surface area contributed by atoms with Gasteiger partial charge in [0.25, 0.3) is 0 Å². The van der Waals surface area contributed by atoms with Crippen LogP contribution in [0.5, 0.6) is 0 Å². The molecule has 0 aliphatic carbocycles. The topological polar surface area (TPSA) is 44.1 Å². The standard InChI is InChI=1S/C13H12Cl2N2O2/c1-8-11(13(18)19-2)12(15)17(16-8)7-9-5-3-4-6-10(9)14/h3-6H,7H2,1-2H3. The largest absolute Gasteiger partial charge is 0.465 e. The predicted octanol–water partition coefficient (Wildman–Crippen LogP) is 3.33. The Bertz CT molecular complexity index is 623. The van der Waals surface area contributed by atoms with E-state index in [0.717, 1.165) is 5.56 Å². The summed E-state index contributed by atoms with van der Waals surface area (Å²) < 4.78 is 6.21. The number of benzene rings is 1. The minimum Gasteiger partial charge on any atom is -0.465 e. The monoisotopic (exact) mass is 298 g/mol. The van der Waals surface area contributed by atoms with Crippen molar-refractivity contribution in [2.24, 2.45) is 0 Å². The smallest absolute Gasteiger partial charge is 0.342 e. The zero-order valence-corrected chi connectivity index (χ0v) is 12.0. The van der Waals surface area contributed by atoms with Crippen molar-refractivity contribution in [1.29, 1.82) is 0 Å². The maximum absolute atomic E-state index is 11.6. The van der Waals surface area contributed by atoms with E-state index in [4.69, 9.17) is 23.2 Å². The van der Waals surface area contributed by atoms with E-state index in [-0.39, 0.29) is 10.7 Å². The van der Waals surface area contributed by atoms with E-state index in [1.165, 1.54) is 11.8 Å². The molecule has 0 radical (unpaired) electrons. The molecule has 0 atom stereocenters. The van der Waals surface area contributed by atoms with E-state index in [1.54, 1.807) is 13.0 Å². The molecule has 2 rings (SSSR count). The highest BCUT2D eigenvalue weighted by molar-refractivity contribution is 6.33. The molecular weight excluding hydrogens is 287 g/mol. The zero-order chi connectivity index (χ0) is 14.0. The van der Waals surface area contributed by atoms with Crippen molar-refractivity contribution in [2.75, 3.05) is 7.11 Å². The van der Waals surface area contributed by atoms with Crippen molar-refractivity contribution >= 4 is 29.2 Å². The molecule has 0 amide bonds. The number of carbonyl (C=O) groups excluding carboxylic acids is 1. The highest BCUT2D eigenvalue weighted by atomic mass is 35.5. The number of carbonyl (C=O) groups is 1. The Hall–Kier alpha value is -1.52. The number of halogens is 2. The van der Waals surface area contributed by atoms with Crippen molar-refractivity contribution in [3.8, 4) is 0 Å². The maximum atomic E-state index is 11.6. The van der Waals surface area contributed by atoms with Gasteiger partial charge in [-0.05, 0) is 18.6 Å². The summed E-state index contributed by atoms with van der Waals surface area (Å²) in [5.41, 5.74) is 1.70. The lowest BCUT2D eigenvalue weighted by atomic mass is 10.2. The second-order valence-electron chi connectivity index (χ2n) is 3.99. The second-order valence-corrected chi connectivity index (χ2v) is 4.76. The van der Waals surface area contributed by atoms with Crippen LogP contribution in [0.25, 0.3) is 0 Å². The summed E-state index contributed by atoms with van der Waals surface area (Å²) in [6.07, 6.45) is 0. The fourth-order valence-electron chi connectivity index (χ4n) is 1.78. The molecule has 0 spiro atoms. The number of hydrogen-bond acceptors (Lipinski definition) is 3. The molecule has 0 unspecified atom stereocenters. The third-order valence-electron chi connectivity index (χ3n) is 2.73. The summed E-state index contributed by atoms with van der Waals surface area (Å²) in [7, 11) is 1.31. The molecule has 6 heteroatoms. The number of aromatic nitrogens is 2. The van der Waals surface area contributed by atoms with E-state index in [1.807, 2.05) is 18.2 Å². The minimum absolute atomic E-state index is 0.254. The molecule has 0 fully saturated rings. The SMILES string of the molecule is COC(=O)c1c(C)nn(Cc2ccccc2Cl)c1Cl. The predicted molar refractivity (Wildman–Crippen MR) is 73.9 cm³/mol. The normalized spacial score (nSPS) is 10.5. The first-order valence-corrected chi connectivity index (χ1v) is 6.34. The number of aryl methyl sites for hydroxylation is 1. The Balaban J connectivity index is 2.38. The summed E-state index contributed by atoms with van der Waals surface area (Å²) in [5.74, 6) is -0.493. The maximum Gasteiger partial charge on any atom is 0.342 e. The molecule has 4 nitrogen and oxygen atoms in total. The highest BCUT2D eigenvalue weighted by Crippen LogP contribution is 2.23. The average Bonchev–Trinajstić information content (AvgIpc) is 2.66. The zero-order valence-electron chi connectivity index (χ0n) is 10.5. The van der Waals surface area contributed by atoms with Crippen LogP contribution in [0.2, 0.25) is 10.2 Å². The van der Waals surface area contributed by atoms with Crippen LogP contribution in [-0.2, 0) is 11.3 Å². The van der Waals surface area contributed by atoms with Gasteiger partial charge in [-0.2, -0.15) is 5.10 Å². The summed E-state index contributed by atoms with van der Waals surface area (Å²) in [4.78, 5) is 11.6. The van der Waals surface area contributed by atoms with E-state index < -0.39 is 5.97 Å². The van der Waals surface area contributed by atoms with Crippen LogP contribution in [0.15, 0.2) is 24.3 Å². The Morgan fingerprint density at radius 3 is 2.68 bits per heavy atom. The lowest BCUT2D eigenvalue weighted by Gasteiger charge is -2.05. The van der Waals surface area contributed by atoms with Crippen LogP contribution >= 0.6 is 23.2 Å².